The van der Waals surface area contributed by atoms with Gasteiger partial charge in [0, 0.05) is 16.0 Å². The van der Waals surface area contributed by atoms with Crippen LogP contribution in [0.25, 0.3) is 0 Å². The minimum absolute atomic E-state index is 0.120. The second-order valence-electron chi connectivity index (χ2n) is 9.09. The Balaban J connectivity index is 1.48. The summed E-state index contributed by atoms with van der Waals surface area (Å²) in [6.07, 6.45) is 3.98. The standard InChI is InChI=1S/C26H33F3NO3PS/c27-26(28,29)23-19-21(20-30-16-8-17-33-34(31)32)11-12-24(23)35-18-7-6-15-25(13-4-5-14-25)22-9-2-1-3-10-22/h1-3,9-12,19,30H,4-8,13-18,20H2/p+1. The van der Waals surface area contributed by atoms with E-state index in [-0.39, 0.29) is 16.9 Å². The Kier molecular flexibility index (Phi) is 11.1. The van der Waals surface area contributed by atoms with Crippen molar-refractivity contribution in [2.75, 3.05) is 18.9 Å². The van der Waals surface area contributed by atoms with E-state index in [4.69, 9.17) is 4.89 Å². The fourth-order valence-electron chi connectivity index (χ4n) is 4.88. The normalized spacial score (nSPS) is 15.9. The van der Waals surface area contributed by atoms with Gasteiger partial charge in [0.05, 0.1) is 5.56 Å². The summed E-state index contributed by atoms with van der Waals surface area (Å²) in [5, 5.41) is 3.05. The summed E-state index contributed by atoms with van der Waals surface area (Å²) in [5.41, 5.74) is 1.62. The lowest BCUT2D eigenvalue weighted by Crippen LogP contribution is -2.21. The SMILES string of the molecule is O=[P+](O)OCCCNCc1ccc(SCCCCC2(c3ccccc3)CCCC2)c(C(F)(F)F)c1. The van der Waals surface area contributed by atoms with Gasteiger partial charge in [0.15, 0.2) is 0 Å². The van der Waals surface area contributed by atoms with Crippen LogP contribution in [0.4, 0.5) is 13.2 Å². The Bertz CT molecular complexity index is 937. The summed E-state index contributed by atoms with van der Waals surface area (Å²) in [7, 11) is -2.62. The molecule has 2 aromatic rings. The number of nitrogens with one attached hydrogen (secondary N) is 1. The summed E-state index contributed by atoms with van der Waals surface area (Å²) in [5.74, 6) is 0.665. The fourth-order valence-corrected chi connectivity index (χ4v) is 6.23. The highest BCUT2D eigenvalue weighted by molar-refractivity contribution is 7.99. The van der Waals surface area contributed by atoms with Crippen LogP contribution in [0, 0.1) is 0 Å². The molecule has 0 amide bonds. The predicted molar refractivity (Wildman–Crippen MR) is 135 cm³/mol. The molecule has 4 nitrogen and oxygen atoms in total. The molecule has 1 saturated carbocycles. The van der Waals surface area contributed by atoms with Crippen molar-refractivity contribution in [3.8, 4) is 0 Å². The van der Waals surface area contributed by atoms with Gasteiger partial charge >= 0.3 is 14.4 Å². The van der Waals surface area contributed by atoms with E-state index in [1.165, 1.54) is 49.1 Å². The quantitative estimate of drug-likeness (QED) is 0.150. The van der Waals surface area contributed by atoms with Crippen molar-refractivity contribution in [2.24, 2.45) is 0 Å². The lowest BCUT2D eigenvalue weighted by atomic mass is 9.75. The highest BCUT2D eigenvalue weighted by atomic mass is 32.2. The van der Waals surface area contributed by atoms with Gasteiger partial charge in [-0.2, -0.15) is 13.2 Å². The van der Waals surface area contributed by atoms with E-state index in [9.17, 15) is 17.7 Å². The number of unbranched alkanes of at least 4 members (excludes halogenated alkanes) is 1. The maximum absolute atomic E-state index is 13.7. The molecule has 1 fully saturated rings. The zero-order valence-electron chi connectivity index (χ0n) is 19.9. The van der Waals surface area contributed by atoms with E-state index in [0.29, 0.717) is 30.8 Å². The van der Waals surface area contributed by atoms with Gasteiger partial charge in [0.2, 0.25) is 0 Å². The van der Waals surface area contributed by atoms with E-state index in [1.54, 1.807) is 12.1 Å². The van der Waals surface area contributed by atoms with Crippen LogP contribution in [0.5, 0.6) is 0 Å². The van der Waals surface area contributed by atoms with Crippen LogP contribution in [0.2, 0.25) is 0 Å². The highest BCUT2D eigenvalue weighted by Crippen LogP contribution is 2.45. The summed E-state index contributed by atoms with van der Waals surface area (Å²) in [6, 6.07) is 15.2. The van der Waals surface area contributed by atoms with Crippen LogP contribution in [-0.4, -0.2) is 23.8 Å². The van der Waals surface area contributed by atoms with Crippen LogP contribution in [0.15, 0.2) is 53.4 Å². The average molecular weight is 529 g/mol. The third kappa shape index (κ3) is 8.87. The van der Waals surface area contributed by atoms with Crippen molar-refractivity contribution in [3.63, 3.8) is 0 Å². The molecule has 0 aromatic heterocycles. The van der Waals surface area contributed by atoms with Crippen LogP contribution in [0.1, 0.15) is 68.1 Å². The molecule has 35 heavy (non-hydrogen) atoms. The van der Waals surface area contributed by atoms with Crippen molar-refractivity contribution in [1.29, 1.82) is 0 Å². The summed E-state index contributed by atoms with van der Waals surface area (Å²) in [4.78, 5) is 8.86. The minimum Gasteiger partial charge on any atom is -0.313 e. The van der Waals surface area contributed by atoms with Crippen LogP contribution < -0.4 is 5.32 Å². The Morgan fingerprint density at radius 3 is 2.49 bits per heavy atom. The maximum atomic E-state index is 13.7. The lowest BCUT2D eigenvalue weighted by Gasteiger charge is -2.30. The first kappa shape index (κ1) is 28.1. The summed E-state index contributed by atoms with van der Waals surface area (Å²) < 4.78 is 56.1. The molecule has 0 bridgehead atoms. The molecule has 1 atom stereocenters. The number of rotatable bonds is 14. The molecule has 1 aliphatic carbocycles. The van der Waals surface area contributed by atoms with Gasteiger partial charge in [0.25, 0.3) is 0 Å². The van der Waals surface area contributed by atoms with Gasteiger partial charge in [-0.15, -0.1) is 21.2 Å². The number of alkyl halides is 3. The third-order valence-electron chi connectivity index (χ3n) is 6.63. The van der Waals surface area contributed by atoms with Gasteiger partial charge in [0.1, 0.15) is 6.61 Å². The Morgan fingerprint density at radius 2 is 1.80 bits per heavy atom. The topological polar surface area (TPSA) is 58.6 Å². The zero-order valence-corrected chi connectivity index (χ0v) is 21.6. The van der Waals surface area contributed by atoms with Crippen molar-refractivity contribution in [1.82, 2.24) is 5.32 Å². The van der Waals surface area contributed by atoms with E-state index >= 15 is 0 Å². The number of benzene rings is 2. The van der Waals surface area contributed by atoms with Crippen molar-refractivity contribution >= 4 is 20.0 Å². The van der Waals surface area contributed by atoms with Crippen molar-refractivity contribution in [2.45, 2.75) is 74.4 Å². The van der Waals surface area contributed by atoms with Gasteiger partial charge in [-0.3, -0.25) is 0 Å². The van der Waals surface area contributed by atoms with Crippen LogP contribution in [0.3, 0.4) is 0 Å². The molecule has 1 aliphatic rings. The molecule has 9 heteroatoms. The molecular formula is C26H34F3NO3PS+. The van der Waals surface area contributed by atoms with Crippen LogP contribution >= 0.6 is 20.0 Å². The van der Waals surface area contributed by atoms with Crippen LogP contribution in [-0.2, 0) is 27.2 Å². The minimum atomic E-state index is -4.40. The number of hydrogen-bond donors (Lipinski definition) is 2. The second-order valence-corrected chi connectivity index (χ2v) is 11.0. The van der Waals surface area contributed by atoms with Crippen molar-refractivity contribution in [3.05, 3.63) is 65.2 Å². The van der Waals surface area contributed by atoms with Gasteiger partial charge in [-0.05, 0) is 73.1 Å². The average Bonchev–Trinajstić information content (AvgIpc) is 3.31. The summed E-state index contributed by atoms with van der Waals surface area (Å²) in [6.45, 7) is 0.890. The largest absolute Gasteiger partial charge is 0.694 e. The maximum Gasteiger partial charge on any atom is 0.694 e. The van der Waals surface area contributed by atoms with Gasteiger partial charge in [-0.1, -0.05) is 55.7 Å². The molecule has 0 heterocycles. The van der Waals surface area contributed by atoms with E-state index in [2.05, 4.69) is 34.1 Å². The van der Waals surface area contributed by atoms with E-state index < -0.39 is 20.0 Å². The molecule has 3 rings (SSSR count). The second kappa shape index (κ2) is 13.8. The summed E-state index contributed by atoms with van der Waals surface area (Å²) >= 11 is 1.29. The molecule has 0 radical (unpaired) electrons. The molecule has 2 N–H and O–H groups in total. The third-order valence-corrected chi connectivity index (χ3v) is 8.20. The Labute approximate surface area is 211 Å². The molecule has 0 spiro atoms. The Morgan fingerprint density at radius 1 is 1.06 bits per heavy atom. The Hall–Kier alpha value is -1.44. The van der Waals surface area contributed by atoms with Gasteiger partial charge < -0.3 is 5.32 Å². The molecular weight excluding hydrogens is 494 g/mol. The van der Waals surface area contributed by atoms with Gasteiger partial charge in [-0.25, -0.2) is 0 Å². The van der Waals surface area contributed by atoms with E-state index in [0.717, 1.165) is 19.3 Å². The number of hydrogen-bond acceptors (Lipinski definition) is 4. The molecule has 1 unspecified atom stereocenters. The molecule has 192 valence electrons. The fraction of sp³-hybridized carbons (Fsp3) is 0.538. The first-order chi connectivity index (χ1) is 16.8. The smallest absolute Gasteiger partial charge is 0.313 e. The zero-order chi connectivity index (χ0) is 25.2. The predicted octanol–water partition coefficient (Wildman–Crippen LogP) is 7.63. The molecule has 0 aliphatic heterocycles. The number of halogens is 3. The monoisotopic (exact) mass is 528 g/mol. The molecule has 0 saturated heterocycles. The first-order valence-electron chi connectivity index (χ1n) is 12.2. The van der Waals surface area contributed by atoms with Crippen molar-refractivity contribution < 1.29 is 27.2 Å². The first-order valence-corrected chi connectivity index (χ1v) is 14.3. The molecule has 2 aromatic carbocycles. The number of thioether (sulfide) groups is 1. The van der Waals surface area contributed by atoms with E-state index in [1.807, 2.05) is 6.07 Å². The lowest BCUT2D eigenvalue weighted by molar-refractivity contribution is -0.139. The highest BCUT2D eigenvalue weighted by Gasteiger charge is 2.35.